The number of hydrogen-bond acceptors (Lipinski definition) is 6. The quantitative estimate of drug-likeness (QED) is 0.305. The van der Waals surface area contributed by atoms with Gasteiger partial charge in [0.1, 0.15) is 11.8 Å². The predicted molar refractivity (Wildman–Crippen MR) is 148 cm³/mol. The number of anilines is 1. The van der Waals surface area contributed by atoms with Gasteiger partial charge in [-0.25, -0.2) is 4.90 Å². The monoisotopic (exact) mass is 582 g/mol. The second-order valence-electron chi connectivity index (χ2n) is 9.63. The summed E-state index contributed by atoms with van der Waals surface area (Å²) in [6, 6.07) is 21.0. The van der Waals surface area contributed by atoms with Crippen LogP contribution in [0.15, 0.2) is 107 Å². The van der Waals surface area contributed by atoms with Gasteiger partial charge in [-0.1, -0.05) is 54.6 Å². The molecule has 0 aliphatic carbocycles. The minimum atomic E-state index is -0.925. The first-order valence-electron chi connectivity index (χ1n) is 12.5. The molecule has 0 N–H and O–H groups in total. The van der Waals surface area contributed by atoms with Crippen molar-refractivity contribution in [2.45, 2.75) is 12.1 Å². The fourth-order valence-electron chi connectivity index (χ4n) is 5.78. The highest BCUT2D eigenvalue weighted by Gasteiger charge is 2.63. The van der Waals surface area contributed by atoms with Crippen LogP contribution < -0.4 is 9.64 Å². The maximum atomic E-state index is 14.0. The number of ether oxygens (including phenoxy) is 1. The standard InChI is InChI=1S/C31H23BrN2O5/c1-39-24-13-12-19(16-22(24)32)29(36)27-26-25(30(37)34(31(26)38)21-10-6-3-7-11-21)23-17-20(14-15-33(23)27)28(35)18-8-4-2-5-9-18/h2-17,23,25-27H,1H3. The number of rotatable bonds is 6. The third kappa shape index (κ3) is 4.03. The van der Waals surface area contributed by atoms with Crippen molar-refractivity contribution in [1.82, 2.24) is 4.90 Å². The maximum absolute atomic E-state index is 14.0. The van der Waals surface area contributed by atoms with Crippen molar-refractivity contribution in [3.63, 3.8) is 0 Å². The van der Waals surface area contributed by atoms with E-state index in [2.05, 4.69) is 15.9 Å². The zero-order valence-electron chi connectivity index (χ0n) is 20.9. The van der Waals surface area contributed by atoms with Gasteiger partial charge in [-0.15, -0.1) is 0 Å². The van der Waals surface area contributed by atoms with E-state index in [0.717, 1.165) is 0 Å². The van der Waals surface area contributed by atoms with Crippen LogP contribution in [0.2, 0.25) is 0 Å². The Hall–Kier alpha value is -4.30. The maximum Gasteiger partial charge on any atom is 0.240 e. The van der Waals surface area contributed by atoms with Crippen LogP contribution in [-0.4, -0.2) is 47.5 Å². The van der Waals surface area contributed by atoms with E-state index in [-0.39, 0.29) is 17.5 Å². The SMILES string of the molecule is COc1ccc(C(=O)C2C3C(=O)N(c4ccccc4)C(=O)C3C3C=C(C(=O)c4ccccc4)C=CN32)cc1Br. The van der Waals surface area contributed by atoms with Crippen molar-refractivity contribution in [3.05, 3.63) is 118 Å². The number of nitrogens with zero attached hydrogens (tertiary/aromatic N) is 2. The number of ketones is 2. The van der Waals surface area contributed by atoms with Gasteiger partial charge in [0.05, 0.1) is 35.1 Å². The second kappa shape index (κ2) is 9.78. The molecule has 39 heavy (non-hydrogen) atoms. The van der Waals surface area contributed by atoms with Gasteiger partial charge in [0, 0.05) is 22.9 Å². The van der Waals surface area contributed by atoms with Crippen molar-refractivity contribution in [2.75, 3.05) is 12.0 Å². The van der Waals surface area contributed by atoms with Gasteiger partial charge in [-0.3, -0.25) is 19.2 Å². The number of imide groups is 1. The minimum Gasteiger partial charge on any atom is -0.496 e. The Morgan fingerprint density at radius 2 is 1.51 bits per heavy atom. The molecule has 3 aromatic rings. The first-order valence-corrected chi connectivity index (χ1v) is 13.3. The minimum absolute atomic E-state index is 0.186. The highest BCUT2D eigenvalue weighted by atomic mass is 79.9. The number of methoxy groups -OCH3 is 1. The Bertz CT molecular complexity index is 1570. The Morgan fingerprint density at radius 1 is 0.846 bits per heavy atom. The summed E-state index contributed by atoms with van der Waals surface area (Å²) in [4.78, 5) is 57.9. The number of benzene rings is 3. The number of allylic oxidation sites excluding steroid dienone is 2. The highest BCUT2D eigenvalue weighted by molar-refractivity contribution is 9.10. The molecule has 0 saturated carbocycles. The fraction of sp³-hybridized carbons (Fsp3) is 0.161. The molecule has 194 valence electrons. The van der Waals surface area contributed by atoms with Crippen LogP contribution in [0.5, 0.6) is 5.75 Å². The number of para-hydroxylation sites is 1. The van der Waals surface area contributed by atoms with Crippen molar-refractivity contribution in [2.24, 2.45) is 11.8 Å². The van der Waals surface area contributed by atoms with E-state index in [1.54, 1.807) is 96.0 Å². The molecule has 8 heteroatoms. The molecule has 3 aromatic carbocycles. The molecule has 0 spiro atoms. The summed E-state index contributed by atoms with van der Waals surface area (Å²) in [7, 11) is 1.54. The topological polar surface area (TPSA) is 84.0 Å². The molecule has 0 aromatic heterocycles. The fourth-order valence-corrected chi connectivity index (χ4v) is 6.32. The first-order chi connectivity index (χ1) is 18.9. The van der Waals surface area contributed by atoms with Gasteiger partial charge in [0.2, 0.25) is 11.8 Å². The average molecular weight is 583 g/mol. The normalized spacial score (nSPS) is 23.4. The van der Waals surface area contributed by atoms with E-state index < -0.39 is 29.8 Å². The summed E-state index contributed by atoms with van der Waals surface area (Å²) in [6.45, 7) is 0. The summed E-state index contributed by atoms with van der Waals surface area (Å²) < 4.78 is 5.90. The van der Waals surface area contributed by atoms with E-state index >= 15 is 0 Å². The van der Waals surface area contributed by atoms with E-state index in [1.807, 2.05) is 6.07 Å². The summed E-state index contributed by atoms with van der Waals surface area (Å²) in [5.74, 6) is -2.44. The van der Waals surface area contributed by atoms with Gasteiger partial charge in [-0.05, 0) is 52.3 Å². The summed E-state index contributed by atoms with van der Waals surface area (Å²) in [5.41, 5.74) is 1.78. The van der Waals surface area contributed by atoms with Gasteiger partial charge in [0.15, 0.2) is 11.6 Å². The van der Waals surface area contributed by atoms with Gasteiger partial charge < -0.3 is 9.64 Å². The summed E-state index contributed by atoms with van der Waals surface area (Å²) in [5, 5.41) is 0. The third-order valence-corrected chi connectivity index (χ3v) is 8.19. The lowest BCUT2D eigenvalue weighted by atomic mass is 9.85. The molecule has 7 nitrogen and oxygen atoms in total. The molecular weight excluding hydrogens is 560 g/mol. The number of Topliss-reactive ketones (excluding diaryl/α,β-unsaturated/α-hetero) is 2. The zero-order valence-corrected chi connectivity index (χ0v) is 22.4. The molecule has 4 unspecified atom stereocenters. The molecule has 0 bridgehead atoms. The Kier molecular flexibility index (Phi) is 6.27. The van der Waals surface area contributed by atoms with Crippen molar-refractivity contribution >= 4 is 45.0 Å². The summed E-state index contributed by atoms with van der Waals surface area (Å²) in [6.07, 6.45) is 5.05. The van der Waals surface area contributed by atoms with Gasteiger partial charge >= 0.3 is 0 Å². The number of halogens is 1. The van der Waals surface area contributed by atoms with Gasteiger partial charge in [-0.2, -0.15) is 0 Å². The van der Waals surface area contributed by atoms with Crippen molar-refractivity contribution < 1.29 is 23.9 Å². The molecule has 4 atom stereocenters. The van der Waals surface area contributed by atoms with Crippen molar-refractivity contribution in [1.29, 1.82) is 0 Å². The number of carbonyl (C=O) groups is 4. The molecule has 3 aliphatic rings. The largest absolute Gasteiger partial charge is 0.496 e. The lowest BCUT2D eigenvalue weighted by Crippen LogP contribution is -2.46. The number of fused-ring (bicyclic) bond motifs is 3. The highest BCUT2D eigenvalue weighted by Crippen LogP contribution is 2.47. The smallest absolute Gasteiger partial charge is 0.240 e. The van der Waals surface area contributed by atoms with Crippen LogP contribution in [0.4, 0.5) is 5.69 Å². The van der Waals surface area contributed by atoms with E-state index in [4.69, 9.17) is 4.74 Å². The molecule has 0 radical (unpaired) electrons. The molecule has 3 heterocycles. The predicted octanol–water partition coefficient (Wildman–Crippen LogP) is 4.84. The van der Waals surface area contributed by atoms with Crippen molar-refractivity contribution in [3.8, 4) is 5.75 Å². The average Bonchev–Trinajstić information content (AvgIpc) is 3.44. The third-order valence-electron chi connectivity index (χ3n) is 7.57. The molecule has 2 fully saturated rings. The molecule has 3 aliphatic heterocycles. The van der Waals surface area contributed by atoms with E-state index in [0.29, 0.717) is 32.6 Å². The summed E-state index contributed by atoms with van der Waals surface area (Å²) >= 11 is 3.44. The lowest BCUT2D eigenvalue weighted by Gasteiger charge is -2.32. The van der Waals surface area contributed by atoms with Crippen LogP contribution in [0.3, 0.4) is 0 Å². The zero-order chi connectivity index (χ0) is 27.3. The van der Waals surface area contributed by atoms with E-state index in [9.17, 15) is 19.2 Å². The van der Waals surface area contributed by atoms with E-state index in [1.165, 1.54) is 12.0 Å². The van der Waals surface area contributed by atoms with Crippen LogP contribution in [0, 0.1) is 11.8 Å². The molecule has 2 saturated heterocycles. The van der Waals surface area contributed by atoms with Crippen LogP contribution in [-0.2, 0) is 9.59 Å². The lowest BCUT2D eigenvalue weighted by molar-refractivity contribution is -0.123. The number of amides is 2. The Balaban J connectivity index is 1.43. The molecule has 6 rings (SSSR count). The van der Waals surface area contributed by atoms with Crippen LogP contribution >= 0.6 is 15.9 Å². The second-order valence-corrected chi connectivity index (χ2v) is 10.5. The van der Waals surface area contributed by atoms with Crippen LogP contribution in [0.25, 0.3) is 0 Å². The van der Waals surface area contributed by atoms with Gasteiger partial charge in [0.25, 0.3) is 0 Å². The van der Waals surface area contributed by atoms with Crippen LogP contribution in [0.1, 0.15) is 20.7 Å². The first kappa shape index (κ1) is 25.0. The number of carbonyl (C=O) groups excluding carboxylic acids is 4. The molecule has 2 amide bonds. The number of hydrogen-bond donors (Lipinski definition) is 0. The Morgan fingerprint density at radius 3 is 2.18 bits per heavy atom. The Labute approximate surface area is 233 Å². The molecular formula is C31H23BrN2O5.